The highest BCUT2D eigenvalue weighted by Gasteiger charge is 2.37. The third-order valence-corrected chi connectivity index (χ3v) is 6.83. The average Bonchev–Trinajstić information content (AvgIpc) is 3.41. The van der Waals surface area contributed by atoms with E-state index in [4.69, 9.17) is 9.47 Å². The summed E-state index contributed by atoms with van der Waals surface area (Å²) in [5, 5.41) is 18.4. The molecular formula is C26H27F2N3O4. The molecule has 35 heavy (non-hydrogen) atoms. The highest BCUT2D eigenvalue weighted by atomic mass is 19.2. The average molecular weight is 484 g/mol. The Morgan fingerprint density at radius 3 is 2.71 bits per heavy atom. The number of carboxylic acids is 1. The van der Waals surface area contributed by atoms with Crippen molar-refractivity contribution in [1.82, 2.24) is 14.8 Å². The maximum absolute atomic E-state index is 14.4. The quantitative estimate of drug-likeness (QED) is 0.400. The minimum atomic E-state index is -0.966. The van der Waals surface area contributed by atoms with Crippen LogP contribution in [0.3, 0.4) is 0 Å². The predicted octanol–water partition coefficient (Wildman–Crippen LogP) is 5.06. The number of ether oxygens (including phenoxy) is 2. The van der Waals surface area contributed by atoms with Crippen molar-refractivity contribution in [2.24, 2.45) is 0 Å². The summed E-state index contributed by atoms with van der Waals surface area (Å²) >= 11 is 0. The zero-order valence-corrected chi connectivity index (χ0v) is 19.8. The lowest BCUT2D eigenvalue weighted by molar-refractivity contribution is -0.153. The Bertz CT molecular complexity index is 1420. The molecule has 2 aromatic carbocycles. The number of fused-ring (bicyclic) bond motifs is 2. The van der Waals surface area contributed by atoms with Crippen molar-refractivity contribution >= 4 is 27.8 Å². The van der Waals surface area contributed by atoms with E-state index in [-0.39, 0.29) is 12.5 Å². The van der Waals surface area contributed by atoms with Crippen LogP contribution >= 0.6 is 0 Å². The van der Waals surface area contributed by atoms with Gasteiger partial charge in [-0.2, -0.15) is 5.10 Å². The molecule has 184 valence electrons. The number of carbonyl (C=O) groups is 1. The molecule has 4 aromatic rings. The number of hydrogen-bond donors (Lipinski definition) is 2. The Morgan fingerprint density at radius 1 is 1.26 bits per heavy atom. The second kappa shape index (κ2) is 8.73. The van der Waals surface area contributed by atoms with Crippen molar-refractivity contribution in [3.8, 4) is 5.69 Å². The van der Waals surface area contributed by atoms with Crippen LogP contribution in [-0.2, 0) is 19.7 Å². The third kappa shape index (κ3) is 3.98. The molecule has 5 rings (SSSR count). The van der Waals surface area contributed by atoms with Gasteiger partial charge in [0.25, 0.3) is 0 Å². The Balaban J connectivity index is 1.83. The minimum Gasteiger partial charge on any atom is -0.479 e. The fourth-order valence-corrected chi connectivity index (χ4v) is 5.32. The number of hydrogen-bond acceptors (Lipinski definition) is 4. The number of aromatic nitrogens is 3. The number of nitrogens with one attached hydrogen (secondary N) is 1. The molecule has 2 atom stereocenters. The van der Waals surface area contributed by atoms with Gasteiger partial charge in [0.1, 0.15) is 0 Å². The normalized spacial score (nSPS) is 19.0. The van der Waals surface area contributed by atoms with Crippen molar-refractivity contribution in [3.63, 3.8) is 0 Å². The summed E-state index contributed by atoms with van der Waals surface area (Å²) in [6.07, 6.45) is 1.89. The molecule has 0 bridgehead atoms. The summed E-state index contributed by atoms with van der Waals surface area (Å²) < 4.78 is 41.6. The van der Waals surface area contributed by atoms with Gasteiger partial charge in [-0.1, -0.05) is 13.8 Å². The summed E-state index contributed by atoms with van der Waals surface area (Å²) in [6, 6.07) is 7.88. The molecular weight excluding hydrogens is 456 g/mol. The summed E-state index contributed by atoms with van der Waals surface area (Å²) in [7, 11) is 1.63. The molecule has 0 spiro atoms. The lowest BCUT2D eigenvalue weighted by atomic mass is 9.80. The van der Waals surface area contributed by atoms with Gasteiger partial charge in [0.2, 0.25) is 0 Å². The largest absolute Gasteiger partial charge is 0.479 e. The van der Waals surface area contributed by atoms with E-state index in [1.165, 1.54) is 6.07 Å². The number of nitrogens with zero attached hydrogens (tertiary/aromatic N) is 2. The fourth-order valence-electron chi connectivity index (χ4n) is 5.32. The molecule has 9 heteroatoms. The Hall–Kier alpha value is -3.30. The van der Waals surface area contributed by atoms with Crippen LogP contribution in [0.4, 0.5) is 8.78 Å². The molecule has 1 aliphatic heterocycles. The van der Waals surface area contributed by atoms with E-state index in [0.717, 1.165) is 39.1 Å². The number of rotatable bonds is 6. The first-order valence-corrected chi connectivity index (χ1v) is 11.5. The zero-order valence-electron chi connectivity index (χ0n) is 19.8. The van der Waals surface area contributed by atoms with E-state index in [9.17, 15) is 18.7 Å². The Labute approximate surface area is 200 Å². The van der Waals surface area contributed by atoms with Crippen LogP contribution in [0.5, 0.6) is 0 Å². The van der Waals surface area contributed by atoms with Gasteiger partial charge in [-0.3, -0.25) is 5.10 Å². The lowest BCUT2D eigenvalue weighted by Crippen LogP contribution is -2.33. The zero-order chi connectivity index (χ0) is 24.9. The van der Waals surface area contributed by atoms with Crippen LogP contribution in [-0.4, -0.2) is 52.3 Å². The first kappa shape index (κ1) is 23.4. The van der Waals surface area contributed by atoms with Gasteiger partial charge in [-0.05, 0) is 42.7 Å². The second-order valence-corrected chi connectivity index (χ2v) is 9.77. The van der Waals surface area contributed by atoms with Crippen molar-refractivity contribution in [2.75, 3.05) is 20.3 Å². The van der Waals surface area contributed by atoms with Gasteiger partial charge in [0, 0.05) is 46.7 Å². The fraction of sp³-hybridized carbons (Fsp3) is 0.385. The standard InChI is InChI=1S/C26H27F2N3O4/c1-26(2,13-34-3)24-23(14-4-7-22(25(32)33)35-12-14)17-10-20-15(11-29-30-20)8-21(17)31(24)16-5-6-18(27)19(28)9-16/h5-6,8-11,14,22H,4,7,12-13H2,1-3H3,(H,29,30)(H,32,33). The monoisotopic (exact) mass is 483 g/mol. The Kier molecular flexibility index (Phi) is 5.85. The van der Waals surface area contributed by atoms with E-state index in [1.54, 1.807) is 19.4 Å². The van der Waals surface area contributed by atoms with Crippen LogP contribution in [0, 0.1) is 11.6 Å². The molecule has 0 aliphatic carbocycles. The maximum Gasteiger partial charge on any atom is 0.332 e. The third-order valence-electron chi connectivity index (χ3n) is 6.83. The van der Waals surface area contributed by atoms with Gasteiger partial charge in [-0.25, -0.2) is 13.6 Å². The van der Waals surface area contributed by atoms with Gasteiger partial charge in [-0.15, -0.1) is 0 Å². The van der Waals surface area contributed by atoms with E-state index in [2.05, 4.69) is 10.2 Å². The minimum absolute atomic E-state index is 0.0915. The predicted molar refractivity (Wildman–Crippen MR) is 127 cm³/mol. The molecule has 1 fully saturated rings. The Morgan fingerprint density at radius 2 is 2.06 bits per heavy atom. The lowest BCUT2D eigenvalue weighted by Gasteiger charge is -2.32. The number of halogens is 2. The van der Waals surface area contributed by atoms with E-state index < -0.39 is 29.1 Å². The topological polar surface area (TPSA) is 89.4 Å². The molecule has 1 saturated heterocycles. The van der Waals surface area contributed by atoms with Crippen LogP contribution in [0.1, 0.15) is 43.9 Å². The van der Waals surface area contributed by atoms with E-state index >= 15 is 0 Å². The highest BCUT2D eigenvalue weighted by Crippen LogP contribution is 2.44. The van der Waals surface area contributed by atoms with E-state index in [1.807, 2.05) is 30.5 Å². The first-order valence-electron chi connectivity index (χ1n) is 11.5. The molecule has 7 nitrogen and oxygen atoms in total. The summed E-state index contributed by atoms with van der Waals surface area (Å²) in [5.74, 6) is -2.91. The summed E-state index contributed by atoms with van der Waals surface area (Å²) in [4.78, 5) is 11.5. The number of aromatic amines is 1. The number of aliphatic carboxylic acids is 1. The van der Waals surface area contributed by atoms with Gasteiger partial charge in [0.15, 0.2) is 17.7 Å². The molecule has 2 unspecified atom stereocenters. The summed E-state index contributed by atoms with van der Waals surface area (Å²) in [5.41, 5.74) is 3.51. The highest BCUT2D eigenvalue weighted by molar-refractivity contribution is 5.99. The van der Waals surface area contributed by atoms with Crippen LogP contribution < -0.4 is 0 Å². The molecule has 1 aliphatic rings. The molecule has 3 heterocycles. The molecule has 2 N–H and O–H groups in total. The number of carboxylic acid groups (broad SMARTS) is 1. The van der Waals surface area contributed by atoms with Crippen molar-refractivity contribution < 1.29 is 28.2 Å². The summed E-state index contributed by atoms with van der Waals surface area (Å²) in [6.45, 7) is 4.71. The number of H-pyrrole nitrogens is 1. The molecule has 0 amide bonds. The maximum atomic E-state index is 14.4. The van der Waals surface area contributed by atoms with Crippen LogP contribution in [0.25, 0.3) is 27.5 Å². The van der Waals surface area contributed by atoms with E-state index in [0.29, 0.717) is 25.1 Å². The van der Waals surface area contributed by atoms with Crippen molar-refractivity contribution in [2.45, 2.75) is 44.1 Å². The molecule has 0 radical (unpaired) electrons. The second-order valence-electron chi connectivity index (χ2n) is 9.77. The van der Waals surface area contributed by atoms with Crippen LogP contribution in [0.15, 0.2) is 36.5 Å². The van der Waals surface area contributed by atoms with Crippen LogP contribution in [0.2, 0.25) is 0 Å². The molecule has 2 aromatic heterocycles. The number of methoxy groups -OCH3 is 1. The van der Waals surface area contributed by atoms with Gasteiger partial charge >= 0.3 is 5.97 Å². The van der Waals surface area contributed by atoms with Crippen molar-refractivity contribution in [1.29, 1.82) is 0 Å². The number of benzene rings is 2. The van der Waals surface area contributed by atoms with Crippen molar-refractivity contribution in [3.05, 3.63) is 59.4 Å². The smallest absolute Gasteiger partial charge is 0.332 e. The van der Waals surface area contributed by atoms with Gasteiger partial charge in [0.05, 0.1) is 30.4 Å². The first-order chi connectivity index (χ1) is 16.7. The SMILES string of the molecule is COCC(C)(C)c1c(C2CCC(C(=O)O)OC2)c2cc3[nH]ncc3cc2n1-c1ccc(F)c(F)c1. The molecule has 0 saturated carbocycles. The van der Waals surface area contributed by atoms with Gasteiger partial charge < -0.3 is 19.1 Å².